The number of hydrogen-bond acceptors (Lipinski definition) is 4. The standard InChI is InChI=1S/C64H42N2O2/c1-4-14-43(15-5-1)44-26-28-45(29-27-44)46-30-35-51(36-31-46)66(52-37-32-47(33-38-52)54-22-13-24-58-55-21-10-11-25-60(55)67-63(54)58)59-41-34-48-16-12-23-57-56-40-39-53(42-61(56)68-64(59)62(48)57)65(49-17-6-2-7-18-49)50-19-8-3-9-20-50/h1-42H. The van der Waals surface area contributed by atoms with E-state index in [4.69, 9.17) is 9.15 Å². The molecule has 68 heavy (non-hydrogen) atoms. The fourth-order valence-electron chi connectivity index (χ4n) is 9.99. The van der Waals surface area contributed by atoms with Gasteiger partial charge in [0.1, 0.15) is 16.9 Å². The first-order valence-corrected chi connectivity index (χ1v) is 23.1. The highest BCUT2D eigenvalue weighted by Crippen LogP contribution is 2.54. The van der Waals surface area contributed by atoms with Gasteiger partial charge in [-0.15, -0.1) is 0 Å². The molecule has 0 saturated heterocycles. The molecule has 12 aromatic rings. The molecule has 2 heterocycles. The van der Waals surface area contributed by atoms with Gasteiger partial charge in [-0.3, -0.25) is 0 Å². The van der Waals surface area contributed by atoms with Gasteiger partial charge >= 0.3 is 0 Å². The fraction of sp³-hybridized carbons (Fsp3) is 0. The quantitative estimate of drug-likeness (QED) is 0.144. The predicted molar refractivity (Wildman–Crippen MR) is 282 cm³/mol. The number of hydrogen-bond donors (Lipinski definition) is 0. The maximum Gasteiger partial charge on any atom is 0.159 e. The zero-order valence-electron chi connectivity index (χ0n) is 37.0. The molecule has 1 aliphatic rings. The molecule has 11 aromatic carbocycles. The topological polar surface area (TPSA) is 28.9 Å². The maximum absolute atomic E-state index is 7.30. The summed E-state index contributed by atoms with van der Waals surface area (Å²) in [6.07, 6.45) is 0. The minimum Gasteiger partial charge on any atom is -0.455 e. The number of fused-ring (bicyclic) bond motifs is 5. The van der Waals surface area contributed by atoms with E-state index in [1.54, 1.807) is 0 Å². The summed E-state index contributed by atoms with van der Waals surface area (Å²) in [5.74, 6) is 1.61. The van der Waals surface area contributed by atoms with Crippen LogP contribution in [0.5, 0.6) is 11.5 Å². The largest absolute Gasteiger partial charge is 0.455 e. The van der Waals surface area contributed by atoms with E-state index in [1.807, 2.05) is 12.1 Å². The zero-order valence-corrected chi connectivity index (χ0v) is 37.0. The van der Waals surface area contributed by atoms with Crippen LogP contribution in [-0.4, -0.2) is 0 Å². The van der Waals surface area contributed by atoms with Crippen LogP contribution in [-0.2, 0) is 0 Å². The van der Waals surface area contributed by atoms with Gasteiger partial charge < -0.3 is 19.0 Å². The van der Waals surface area contributed by atoms with Gasteiger partial charge in [-0.1, -0.05) is 176 Å². The Bertz CT molecular complexity index is 3750. The third-order valence-corrected chi connectivity index (χ3v) is 13.3. The first-order chi connectivity index (χ1) is 33.7. The Balaban J connectivity index is 0.942. The van der Waals surface area contributed by atoms with Crippen molar-refractivity contribution in [3.05, 3.63) is 255 Å². The van der Waals surface area contributed by atoms with Crippen molar-refractivity contribution in [3.63, 3.8) is 0 Å². The molecule has 4 nitrogen and oxygen atoms in total. The maximum atomic E-state index is 7.30. The Morgan fingerprint density at radius 1 is 0.309 bits per heavy atom. The highest BCUT2D eigenvalue weighted by Gasteiger charge is 2.28. The van der Waals surface area contributed by atoms with E-state index in [0.717, 1.165) is 112 Å². The second-order valence-electron chi connectivity index (χ2n) is 17.3. The number of para-hydroxylation sites is 4. The van der Waals surface area contributed by atoms with Crippen LogP contribution in [0, 0.1) is 0 Å². The molecule has 0 spiro atoms. The molecule has 0 N–H and O–H groups in total. The molecule has 1 aliphatic heterocycles. The molecule has 1 aromatic heterocycles. The summed E-state index contributed by atoms with van der Waals surface area (Å²) in [4.78, 5) is 4.61. The summed E-state index contributed by atoms with van der Waals surface area (Å²) in [5, 5.41) is 4.44. The van der Waals surface area contributed by atoms with Gasteiger partial charge in [0.05, 0.1) is 5.69 Å². The van der Waals surface area contributed by atoms with Crippen LogP contribution in [0.3, 0.4) is 0 Å². The lowest BCUT2D eigenvalue weighted by Crippen LogP contribution is -2.13. The van der Waals surface area contributed by atoms with Crippen LogP contribution in [0.25, 0.3) is 77.2 Å². The number of anilines is 6. The van der Waals surface area contributed by atoms with E-state index in [-0.39, 0.29) is 0 Å². The Morgan fingerprint density at radius 2 is 0.824 bits per heavy atom. The van der Waals surface area contributed by atoms with Gasteiger partial charge in [-0.2, -0.15) is 0 Å². The Kier molecular flexibility index (Phi) is 9.47. The average molecular weight is 871 g/mol. The van der Waals surface area contributed by atoms with Gasteiger partial charge in [0, 0.05) is 61.8 Å². The summed E-state index contributed by atoms with van der Waals surface area (Å²) in [6, 6.07) is 90.3. The lowest BCUT2D eigenvalue weighted by molar-refractivity contribution is 0.488. The molecule has 0 amide bonds. The van der Waals surface area contributed by atoms with Crippen molar-refractivity contribution in [2.24, 2.45) is 0 Å². The molecular weight excluding hydrogens is 829 g/mol. The van der Waals surface area contributed by atoms with Crippen molar-refractivity contribution in [2.45, 2.75) is 0 Å². The molecule has 0 bridgehead atoms. The predicted octanol–water partition coefficient (Wildman–Crippen LogP) is 18.5. The second-order valence-corrected chi connectivity index (χ2v) is 17.3. The third-order valence-electron chi connectivity index (χ3n) is 13.3. The highest BCUT2D eigenvalue weighted by molar-refractivity contribution is 6.10. The van der Waals surface area contributed by atoms with Crippen LogP contribution in [0.1, 0.15) is 0 Å². The number of ether oxygens (including phenoxy) is 1. The molecule has 320 valence electrons. The average Bonchev–Trinajstić information content (AvgIpc) is 3.80. The van der Waals surface area contributed by atoms with Crippen LogP contribution >= 0.6 is 0 Å². The fourth-order valence-corrected chi connectivity index (χ4v) is 9.99. The molecule has 0 radical (unpaired) electrons. The van der Waals surface area contributed by atoms with E-state index in [2.05, 4.69) is 252 Å². The van der Waals surface area contributed by atoms with E-state index in [0.29, 0.717) is 0 Å². The molecule has 13 rings (SSSR count). The van der Waals surface area contributed by atoms with Gasteiger partial charge in [-0.05, 0) is 112 Å². The minimum absolute atomic E-state index is 0.801. The summed E-state index contributed by atoms with van der Waals surface area (Å²) in [5.41, 5.74) is 16.9. The van der Waals surface area contributed by atoms with Crippen molar-refractivity contribution >= 4 is 66.8 Å². The van der Waals surface area contributed by atoms with Crippen LogP contribution in [0.2, 0.25) is 0 Å². The van der Waals surface area contributed by atoms with Gasteiger partial charge in [0.25, 0.3) is 0 Å². The highest BCUT2D eigenvalue weighted by atomic mass is 16.5. The van der Waals surface area contributed by atoms with Gasteiger partial charge in [-0.25, -0.2) is 0 Å². The van der Waals surface area contributed by atoms with E-state index in [9.17, 15) is 0 Å². The molecule has 0 atom stereocenters. The molecular formula is C64H42N2O2. The van der Waals surface area contributed by atoms with E-state index in [1.165, 1.54) is 11.1 Å². The lowest BCUT2D eigenvalue weighted by Gasteiger charge is -2.32. The van der Waals surface area contributed by atoms with Crippen molar-refractivity contribution in [3.8, 4) is 56.0 Å². The van der Waals surface area contributed by atoms with Crippen LogP contribution in [0.15, 0.2) is 259 Å². The van der Waals surface area contributed by atoms with Crippen molar-refractivity contribution < 1.29 is 9.15 Å². The van der Waals surface area contributed by atoms with Crippen LogP contribution in [0.4, 0.5) is 34.1 Å². The zero-order chi connectivity index (χ0) is 45.0. The molecule has 4 heteroatoms. The summed E-state index contributed by atoms with van der Waals surface area (Å²) < 4.78 is 13.8. The lowest BCUT2D eigenvalue weighted by atomic mass is 9.93. The summed E-state index contributed by atoms with van der Waals surface area (Å²) in [7, 11) is 0. The Hall–Kier alpha value is -9.12. The summed E-state index contributed by atoms with van der Waals surface area (Å²) in [6.45, 7) is 0. The number of furan rings is 1. The second kappa shape index (κ2) is 16.4. The van der Waals surface area contributed by atoms with Crippen molar-refractivity contribution in [2.75, 3.05) is 9.80 Å². The first kappa shape index (κ1) is 39.3. The number of rotatable bonds is 9. The first-order valence-electron chi connectivity index (χ1n) is 23.1. The monoisotopic (exact) mass is 870 g/mol. The van der Waals surface area contributed by atoms with Gasteiger partial charge in [0.2, 0.25) is 0 Å². The molecule has 0 unspecified atom stereocenters. The van der Waals surface area contributed by atoms with E-state index >= 15 is 0 Å². The molecule has 0 aliphatic carbocycles. The smallest absolute Gasteiger partial charge is 0.159 e. The van der Waals surface area contributed by atoms with E-state index < -0.39 is 0 Å². The van der Waals surface area contributed by atoms with Crippen LogP contribution < -0.4 is 14.5 Å². The number of nitrogens with zero attached hydrogens (tertiary/aromatic N) is 2. The third kappa shape index (κ3) is 6.78. The molecule has 0 fully saturated rings. The minimum atomic E-state index is 0.801. The SMILES string of the molecule is c1ccc(-c2ccc(-c3ccc(N(c4ccc(-c5cccc6c5oc5ccccc56)cc4)c4ccc5cccc6c5c4Oc4cc(N(c5ccccc5)c5ccccc5)ccc4-6)cc3)cc2)cc1. The molecule has 0 saturated carbocycles. The number of benzene rings is 11. The van der Waals surface area contributed by atoms with Crippen molar-refractivity contribution in [1.29, 1.82) is 0 Å². The van der Waals surface area contributed by atoms with Gasteiger partial charge in [0.15, 0.2) is 5.75 Å². The Labute approximate surface area is 394 Å². The summed E-state index contributed by atoms with van der Waals surface area (Å²) >= 11 is 0. The normalized spacial score (nSPS) is 11.6. The Morgan fingerprint density at radius 3 is 1.50 bits per heavy atom. The van der Waals surface area contributed by atoms with Crippen molar-refractivity contribution in [1.82, 2.24) is 0 Å².